The predicted molar refractivity (Wildman–Crippen MR) is 108 cm³/mol. The normalized spacial score (nSPS) is 13.5. The molecule has 1 fully saturated rings. The van der Waals surface area contributed by atoms with Gasteiger partial charge in [-0.3, -0.25) is 9.59 Å². The molecule has 1 aliphatic rings. The molecule has 1 N–H and O–H groups in total. The number of para-hydroxylation sites is 1. The van der Waals surface area contributed by atoms with Gasteiger partial charge in [-0.25, -0.2) is 9.67 Å². The number of hydrogen-bond donors (Lipinski definition) is 1. The Kier molecular flexibility index (Phi) is 5.51. The zero-order valence-corrected chi connectivity index (χ0v) is 15.8. The van der Waals surface area contributed by atoms with Gasteiger partial charge in [0.05, 0.1) is 6.54 Å². The molecule has 0 radical (unpaired) electrons. The first-order chi connectivity index (χ1) is 14.2. The number of carbonyl (C=O) groups excluding carboxylic acids is 2. The van der Waals surface area contributed by atoms with Crippen molar-refractivity contribution in [1.29, 1.82) is 0 Å². The number of ether oxygens (including phenoxy) is 1. The molecule has 0 saturated carbocycles. The molecule has 0 aliphatic carbocycles. The lowest BCUT2D eigenvalue weighted by Gasteiger charge is -2.16. The number of carbonyl (C=O) groups is 2. The summed E-state index contributed by atoms with van der Waals surface area (Å²) in [5.74, 6) is 0.462. The lowest BCUT2D eigenvalue weighted by atomic mass is 10.2. The fourth-order valence-corrected chi connectivity index (χ4v) is 3.25. The second-order valence-corrected chi connectivity index (χ2v) is 6.73. The van der Waals surface area contributed by atoms with Crippen LogP contribution in [0, 0.1) is 0 Å². The molecule has 0 spiro atoms. The van der Waals surface area contributed by atoms with Crippen LogP contribution >= 0.6 is 0 Å². The van der Waals surface area contributed by atoms with Gasteiger partial charge in [0.2, 0.25) is 5.91 Å². The highest BCUT2D eigenvalue weighted by Gasteiger charge is 2.21. The average Bonchev–Trinajstić information content (AvgIpc) is 3.40. The molecule has 0 atom stereocenters. The van der Waals surface area contributed by atoms with Crippen LogP contribution in [0.2, 0.25) is 0 Å². The van der Waals surface area contributed by atoms with Gasteiger partial charge < -0.3 is 15.0 Å². The second kappa shape index (κ2) is 8.55. The van der Waals surface area contributed by atoms with Crippen molar-refractivity contribution in [3.05, 3.63) is 66.7 Å². The van der Waals surface area contributed by atoms with Gasteiger partial charge in [0.1, 0.15) is 18.4 Å². The van der Waals surface area contributed by atoms with Crippen molar-refractivity contribution in [2.45, 2.75) is 19.4 Å². The largest absolute Gasteiger partial charge is 0.484 e. The highest BCUT2D eigenvalue weighted by molar-refractivity contribution is 5.95. The van der Waals surface area contributed by atoms with E-state index in [9.17, 15) is 9.59 Å². The third-order valence-corrected chi connectivity index (χ3v) is 4.68. The maximum atomic E-state index is 12.3. The van der Waals surface area contributed by atoms with Gasteiger partial charge in [-0.2, -0.15) is 5.10 Å². The number of anilines is 2. The predicted octanol–water partition coefficient (Wildman–Crippen LogP) is 2.47. The SMILES string of the molecule is O=C(COc1ccc(N2CCCC2=O)cc1)Nc1ccccc1Cn1cncn1. The van der Waals surface area contributed by atoms with Gasteiger partial charge in [0.25, 0.3) is 5.91 Å². The van der Waals surface area contributed by atoms with Crippen molar-refractivity contribution in [2.24, 2.45) is 0 Å². The van der Waals surface area contributed by atoms with E-state index in [1.54, 1.807) is 28.0 Å². The number of aromatic nitrogens is 3. The highest BCUT2D eigenvalue weighted by atomic mass is 16.5. The molecule has 2 aromatic carbocycles. The topological polar surface area (TPSA) is 89.4 Å². The minimum absolute atomic E-state index is 0.111. The van der Waals surface area contributed by atoms with Gasteiger partial charge in [-0.1, -0.05) is 18.2 Å². The first-order valence-electron chi connectivity index (χ1n) is 9.42. The Balaban J connectivity index is 1.33. The highest BCUT2D eigenvalue weighted by Crippen LogP contribution is 2.24. The summed E-state index contributed by atoms with van der Waals surface area (Å²) in [5.41, 5.74) is 2.48. The molecule has 0 bridgehead atoms. The molecule has 2 heterocycles. The maximum Gasteiger partial charge on any atom is 0.262 e. The minimum atomic E-state index is -0.255. The van der Waals surface area contributed by atoms with Gasteiger partial charge in [0.15, 0.2) is 6.61 Å². The lowest BCUT2D eigenvalue weighted by Crippen LogP contribution is -2.23. The maximum absolute atomic E-state index is 12.3. The summed E-state index contributed by atoms with van der Waals surface area (Å²) in [6.07, 6.45) is 4.58. The molecule has 3 aromatic rings. The van der Waals surface area contributed by atoms with E-state index < -0.39 is 0 Å². The molecule has 148 valence electrons. The van der Waals surface area contributed by atoms with Crippen LogP contribution < -0.4 is 15.0 Å². The quantitative estimate of drug-likeness (QED) is 0.668. The van der Waals surface area contributed by atoms with E-state index in [-0.39, 0.29) is 18.4 Å². The van der Waals surface area contributed by atoms with Gasteiger partial charge in [0, 0.05) is 24.3 Å². The molecule has 1 aromatic heterocycles. The Morgan fingerprint density at radius 3 is 2.69 bits per heavy atom. The zero-order chi connectivity index (χ0) is 20.1. The lowest BCUT2D eigenvalue weighted by molar-refractivity contribution is -0.118. The minimum Gasteiger partial charge on any atom is -0.484 e. The van der Waals surface area contributed by atoms with Crippen LogP contribution in [-0.2, 0) is 16.1 Å². The van der Waals surface area contributed by atoms with E-state index in [2.05, 4.69) is 15.4 Å². The fraction of sp³-hybridized carbons (Fsp3) is 0.238. The summed E-state index contributed by atoms with van der Waals surface area (Å²) >= 11 is 0. The Morgan fingerprint density at radius 2 is 1.97 bits per heavy atom. The molecule has 29 heavy (non-hydrogen) atoms. The van der Waals surface area contributed by atoms with E-state index in [0.29, 0.717) is 24.4 Å². The Labute approximate surface area is 168 Å². The Morgan fingerprint density at radius 1 is 1.14 bits per heavy atom. The van der Waals surface area contributed by atoms with Crippen molar-refractivity contribution in [3.8, 4) is 5.75 Å². The third-order valence-electron chi connectivity index (χ3n) is 4.68. The Bertz CT molecular complexity index is 986. The first kappa shape index (κ1) is 18.7. The van der Waals surface area contributed by atoms with Crippen LogP contribution in [0.3, 0.4) is 0 Å². The van der Waals surface area contributed by atoms with Crippen LogP contribution in [0.25, 0.3) is 0 Å². The van der Waals surface area contributed by atoms with Gasteiger partial charge in [-0.15, -0.1) is 0 Å². The average molecular weight is 391 g/mol. The van der Waals surface area contributed by atoms with Crippen molar-refractivity contribution in [3.63, 3.8) is 0 Å². The molecule has 8 heteroatoms. The molecule has 0 unspecified atom stereocenters. The van der Waals surface area contributed by atoms with Gasteiger partial charge in [-0.05, 0) is 42.3 Å². The molecule has 1 saturated heterocycles. The van der Waals surface area contributed by atoms with E-state index in [1.807, 2.05) is 36.4 Å². The molecule has 1 aliphatic heterocycles. The van der Waals surface area contributed by atoms with Crippen LogP contribution in [0.4, 0.5) is 11.4 Å². The number of nitrogens with one attached hydrogen (secondary N) is 1. The molecule has 2 amide bonds. The van der Waals surface area contributed by atoms with Crippen molar-refractivity contribution < 1.29 is 14.3 Å². The standard InChI is InChI=1S/C21H21N5O3/c27-20(24-19-5-2-1-4-16(19)12-25-15-22-14-23-25)13-29-18-9-7-17(8-10-18)26-11-3-6-21(26)28/h1-2,4-5,7-10,14-15H,3,6,11-13H2,(H,24,27). The van der Waals surface area contributed by atoms with Crippen molar-refractivity contribution in [2.75, 3.05) is 23.4 Å². The third kappa shape index (κ3) is 4.60. The van der Waals surface area contributed by atoms with Crippen LogP contribution in [0.1, 0.15) is 18.4 Å². The molecule has 8 nitrogen and oxygen atoms in total. The monoisotopic (exact) mass is 391 g/mol. The van der Waals surface area contributed by atoms with E-state index in [4.69, 9.17) is 4.74 Å². The van der Waals surface area contributed by atoms with E-state index in [0.717, 1.165) is 24.2 Å². The number of benzene rings is 2. The number of hydrogen-bond acceptors (Lipinski definition) is 5. The summed E-state index contributed by atoms with van der Waals surface area (Å²) in [5, 5.41) is 6.97. The van der Waals surface area contributed by atoms with E-state index in [1.165, 1.54) is 6.33 Å². The summed E-state index contributed by atoms with van der Waals surface area (Å²) < 4.78 is 7.28. The number of nitrogens with zero attached hydrogens (tertiary/aromatic N) is 4. The van der Waals surface area contributed by atoms with Crippen molar-refractivity contribution >= 4 is 23.2 Å². The number of rotatable bonds is 7. The molecular weight excluding hydrogens is 370 g/mol. The summed E-state index contributed by atoms with van der Waals surface area (Å²) in [6, 6.07) is 14.8. The Hall–Kier alpha value is -3.68. The molecular formula is C21H21N5O3. The smallest absolute Gasteiger partial charge is 0.262 e. The van der Waals surface area contributed by atoms with Gasteiger partial charge >= 0.3 is 0 Å². The summed E-state index contributed by atoms with van der Waals surface area (Å²) in [4.78, 5) is 29.8. The van der Waals surface area contributed by atoms with Crippen molar-refractivity contribution in [1.82, 2.24) is 14.8 Å². The zero-order valence-electron chi connectivity index (χ0n) is 15.8. The fourth-order valence-electron chi connectivity index (χ4n) is 3.25. The van der Waals surface area contributed by atoms with Crippen LogP contribution in [0.15, 0.2) is 61.2 Å². The van der Waals surface area contributed by atoms with Crippen LogP contribution in [-0.4, -0.2) is 39.7 Å². The first-order valence-corrected chi connectivity index (χ1v) is 9.42. The number of amides is 2. The summed E-state index contributed by atoms with van der Waals surface area (Å²) in [7, 11) is 0. The molecule has 4 rings (SSSR count). The van der Waals surface area contributed by atoms with Crippen LogP contribution in [0.5, 0.6) is 5.75 Å². The summed E-state index contributed by atoms with van der Waals surface area (Å²) in [6.45, 7) is 1.14. The van der Waals surface area contributed by atoms with E-state index >= 15 is 0 Å². The second-order valence-electron chi connectivity index (χ2n) is 6.73.